The molecular formula is C12H18FNO. The highest BCUT2D eigenvalue weighted by atomic mass is 19.1. The molecule has 0 amide bonds. The third kappa shape index (κ3) is 2.69. The molecule has 1 aromatic carbocycles. The maximum Gasteiger partial charge on any atom is 0.146 e. The van der Waals surface area contributed by atoms with Gasteiger partial charge in [-0.15, -0.1) is 0 Å². The van der Waals surface area contributed by atoms with Crippen LogP contribution in [0.15, 0.2) is 18.2 Å². The Morgan fingerprint density at radius 1 is 1.27 bits per heavy atom. The van der Waals surface area contributed by atoms with E-state index in [9.17, 15) is 9.50 Å². The normalized spacial score (nSPS) is 13.0. The van der Waals surface area contributed by atoms with Crippen molar-refractivity contribution < 1.29 is 9.50 Å². The zero-order chi connectivity index (χ0) is 11.6. The van der Waals surface area contributed by atoms with Crippen LogP contribution in [0.4, 0.5) is 10.1 Å². The van der Waals surface area contributed by atoms with Gasteiger partial charge in [-0.2, -0.15) is 0 Å². The summed E-state index contributed by atoms with van der Waals surface area (Å²) >= 11 is 0. The lowest BCUT2D eigenvalue weighted by molar-refractivity contribution is 0.199. The topological polar surface area (TPSA) is 23.5 Å². The lowest BCUT2D eigenvalue weighted by Crippen LogP contribution is -2.26. The standard InChI is InChI=1S/C12H18FNO/c1-8(2)14(4)12-6-5-10(9(3)15)7-11(12)13/h5-9,15H,1-4H3/t9-/m0/s1. The Labute approximate surface area is 90.3 Å². The summed E-state index contributed by atoms with van der Waals surface area (Å²) in [5.74, 6) is -0.287. The largest absolute Gasteiger partial charge is 0.389 e. The fraction of sp³-hybridized carbons (Fsp3) is 0.500. The Balaban J connectivity index is 3.03. The van der Waals surface area contributed by atoms with Crippen molar-refractivity contribution in [3.63, 3.8) is 0 Å². The highest BCUT2D eigenvalue weighted by Crippen LogP contribution is 2.23. The van der Waals surface area contributed by atoms with Crippen LogP contribution in [0, 0.1) is 5.82 Å². The summed E-state index contributed by atoms with van der Waals surface area (Å²) in [6.45, 7) is 5.63. The van der Waals surface area contributed by atoms with Crippen LogP contribution in [0.3, 0.4) is 0 Å². The fourth-order valence-electron chi connectivity index (χ4n) is 1.35. The number of aliphatic hydroxyl groups excluding tert-OH is 1. The van der Waals surface area contributed by atoms with Gasteiger partial charge in [0.15, 0.2) is 0 Å². The fourth-order valence-corrected chi connectivity index (χ4v) is 1.35. The van der Waals surface area contributed by atoms with E-state index in [4.69, 9.17) is 0 Å². The van der Waals surface area contributed by atoms with Gasteiger partial charge in [-0.3, -0.25) is 0 Å². The van der Waals surface area contributed by atoms with Crippen LogP contribution in [0.25, 0.3) is 0 Å². The molecule has 0 bridgehead atoms. The monoisotopic (exact) mass is 211 g/mol. The summed E-state index contributed by atoms with van der Waals surface area (Å²) in [6.07, 6.45) is -0.627. The van der Waals surface area contributed by atoms with E-state index in [1.54, 1.807) is 19.1 Å². The second kappa shape index (κ2) is 4.62. The van der Waals surface area contributed by atoms with E-state index >= 15 is 0 Å². The first-order valence-corrected chi connectivity index (χ1v) is 5.13. The molecule has 15 heavy (non-hydrogen) atoms. The van der Waals surface area contributed by atoms with Gasteiger partial charge in [-0.25, -0.2) is 4.39 Å². The van der Waals surface area contributed by atoms with E-state index in [1.807, 2.05) is 25.8 Å². The number of aliphatic hydroxyl groups is 1. The molecule has 0 aromatic heterocycles. The van der Waals surface area contributed by atoms with Gasteiger partial charge in [-0.1, -0.05) is 6.07 Å². The van der Waals surface area contributed by atoms with Gasteiger partial charge in [0.25, 0.3) is 0 Å². The van der Waals surface area contributed by atoms with Crippen molar-refractivity contribution in [3.8, 4) is 0 Å². The number of halogens is 1. The van der Waals surface area contributed by atoms with Crippen molar-refractivity contribution in [1.82, 2.24) is 0 Å². The number of hydrogen-bond donors (Lipinski definition) is 1. The number of rotatable bonds is 3. The van der Waals surface area contributed by atoms with Crippen molar-refractivity contribution in [2.75, 3.05) is 11.9 Å². The molecule has 0 fully saturated rings. The first-order chi connectivity index (χ1) is 6.93. The van der Waals surface area contributed by atoms with Gasteiger partial charge < -0.3 is 10.0 Å². The average Bonchev–Trinajstić information content (AvgIpc) is 2.16. The summed E-state index contributed by atoms with van der Waals surface area (Å²) in [7, 11) is 1.85. The Kier molecular flexibility index (Phi) is 3.69. The molecule has 1 N–H and O–H groups in total. The maximum atomic E-state index is 13.7. The van der Waals surface area contributed by atoms with Crippen LogP contribution in [-0.2, 0) is 0 Å². The summed E-state index contributed by atoms with van der Waals surface area (Å²) in [4.78, 5) is 1.86. The number of anilines is 1. The van der Waals surface area contributed by atoms with Crippen molar-refractivity contribution in [1.29, 1.82) is 0 Å². The lowest BCUT2D eigenvalue weighted by atomic mass is 10.1. The smallest absolute Gasteiger partial charge is 0.146 e. The van der Waals surface area contributed by atoms with E-state index in [0.29, 0.717) is 11.3 Å². The molecule has 1 atom stereocenters. The van der Waals surface area contributed by atoms with E-state index in [-0.39, 0.29) is 11.9 Å². The molecule has 0 unspecified atom stereocenters. The summed E-state index contributed by atoms with van der Waals surface area (Å²) in [6, 6.07) is 5.09. The van der Waals surface area contributed by atoms with Gasteiger partial charge >= 0.3 is 0 Å². The molecule has 0 radical (unpaired) electrons. The molecule has 0 saturated carbocycles. The van der Waals surface area contributed by atoms with E-state index in [2.05, 4.69) is 0 Å². The second-order valence-electron chi connectivity index (χ2n) is 4.09. The minimum Gasteiger partial charge on any atom is -0.389 e. The minimum atomic E-state index is -0.627. The second-order valence-corrected chi connectivity index (χ2v) is 4.09. The average molecular weight is 211 g/mol. The molecule has 0 aliphatic heterocycles. The quantitative estimate of drug-likeness (QED) is 0.831. The Morgan fingerprint density at radius 3 is 2.27 bits per heavy atom. The molecule has 1 aromatic rings. The van der Waals surface area contributed by atoms with Crippen LogP contribution >= 0.6 is 0 Å². The van der Waals surface area contributed by atoms with E-state index < -0.39 is 6.10 Å². The van der Waals surface area contributed by atoms with Gasteiger partial charge in [0, 0.05) is 13.1 Å². The zero-order valence-corrected chi connectivity index (χ0v) is 9.66. The molecule has 2 nitrogen and oxygen atoms in total. The minimum absolute atomic E-state index is 0.247. The SMILES string of the molecule is CC(C)N(C)c1ccc([C@H](C)O)cc1F. The molecule has 84 valence electrons. The molecule has 0 heterocycles. The summed E-state index contributed by atoms with van der Waals surface area (Å²) < 4.78 is 13.7. The highest BCUT2D eigenvalue weighted by molar-refractivity contribution is 5.49. The Hall–Kier alpha value is -1.09. The molecule has 0 saturated heterocycles. The number of hydrogen-bond acceptors (Lipinski definition) is 2. The Morgan fingerprint density at radius 2 is 1.87 bits per heavy atom. The van der Waals surface area contributed by atoms with Crippen LogP contribution < -0.4 is 4.90 Å². The number of nitrogens with zero attached hydrogens (tertiary/aromatic N) is 1. The highest BCUT2D eigenvalue weighted by Gasteiger charge is 2.12. The predicted octanol–water partition coefficient (Wildman–Crippen LogP) is 2.72. The molecule has 1 rings (SSSR count). The van der Waals surface area contributed by atoms with E-state index in [1.165, 1.54) is 6.07 Å². The maximum absolute atomic E-state index is 13.7. The summed E-state index contributed by atoms with van der Waals surface area (Å²) in [5, 5.41) is 9.31. The van der Waals surface area contributed by atoms with Gasteiger partial charge in [0.1, 0.15) is 5.82 Å². The van der Waals surface area contributed by atoms with Crippen molar-refractivity contribution in [3.05, 3.63) is 29.6 Å². The van der Waals surface area contributed by atoms with Crippen molar-refractivity contribution >= 4 is 5.69 Å². The van der Waals surface area contributed by atoms with E-state index in [0.717, 1.165) is 0 Å². The van der Waals surface area contributed by atoms with Crippen molar-refractivity contribution in [2.45, 2.75) is 32.9 Å². The van der Waals surface area contributed by atoms with Crippen LogP contribution in [0.1, 0.15) is 32.4 Å². The molecule has 0 aliphatic carbocycles. The molecule has 3 heteroatoms. The third-order valence-electron chi connectivity index (χ3n) is 2.61. The lowest BCUT2D eigenvalue weighted by Gasteiger charge is -2.24. The van der Waals surface area contributed by atoms with Crippen LogP contribution in [-0.4, -0.2) is 18.2 Å². The predicted molar refractivity (Wildman–Crippen MR) is 60.6 cm³/mol. The van der Waals surface area contributed by atoms with Gasteiger partial charge in [-0.05, 0) is 38.5 Å². The molecular weight excluding hydrogens is 193 g/mol. The van der Waals surface area contributed by atoms with Crippen molar-refractivity contribution in [2.24, 2.45) is 0 Å². The summed E-state index contributed by atoms with van der Waals surface area (Å²) in [5.41, 5.74) is 1.17. The molecule has 0 spiro atoms. The first-order valence-electron chi connectivity index (χ1n) is 5.13. The zero-order valence-electron chi connectivity index (χ0n) is 9.66. The van der Waals surface area contributed by atoms with Crippen LogP contribution in [0.5, 0.6) is 0 Å². The number of benzene rings is 1. The van der Waals surface area contributed by atoms with Gasteiger partial charge in [0.2, 0.25) is 0 Å². The molecule has 0 aliphatic rings. The first kappa shape index (κ1) is 12.0. The van der Waals surface area contributed by atoms with Crippen LogP contribution in [0.2, 0.25) is 0 Å². The third-order valence-corrected chi connectivity index (χ3v) is 2.61. The Bertz CT molecular complexity index is 336. The van der Waals surface area contributed by atoms with Gasteiger partial charge in [0.05, 0.1) is 11.8 Å².